The van der Waals surface area contributed by atoms with Gasteiger partial charge < -0.3 is 15.4 Å². The number of amides is 5. The molecule has 2 unspecified atom stereocenters. The number of piperidine rings is 2. The van der Waals surface area contributed by atoms with E-state index in [0.29, 0.717) is 60.0 Å². The van der Waals surface area contributed by atoms with Gasteiger partial charge in [-0.15, -0.1) is 11.8 Å². The van der Waals surface area contributed by atoms with Gasteiger partial charge in [-0.05, 0) is 86.4 Å². The summed E-state index contributed by atoms with van der Waals surface area (Å²) in [5.74, 6) is -1.17. The highest BCUT2D eigenvalue weighted by molar-refractivity contribution is 7.99. The quantitative estimate of drug-likeness (QED) is 0.0773. The van der Waals surface area contributed by atoms with Crippen LogP contribution in [0.25, 0.3) is 22.3 Å². The Morgan fingerprint density at radius 1 is 0.914 bits per heavy atom. The number of imide groups is 2. The normalized spacial score (nSPS) is 18.2. The summed E-state index contributed by atoms with van der Waals surface area (Å²) < 4.78 is 23.4. The van der Waals surface area contributed by atoms with Crippen LogP contribution in [0.4, 0.5) is 10.2 Å². The molecule has 2 aromatic heterocycles. The van der Waals surface area contributed by atoms with Gasteiger partial charge >= 0.3 is 0 Å². The molecule has 5 aromatic rings. The number of hydrogen-bond acceptors (Lipinski definition) is 11. The molecule has 5 amide bonds. The smallest absolute Gasteiger partial charge is 0.265 e. The molecular formula is C42H41FN8O6S. The van der Waals surface area contributed by atoms with Crippen LogP contribution in [-0.4, -0.2) is 84.0 Å². The van der Waals surface area contributed by atoms with Crippen molar-refractivity contribution in [1.29, 1.82) is 0 Å². The summed E-state index contributed by atoms with van der Waals surface area (Å²) in [7, 11) is 0. The molecule has 0 bridgehead atoms. The van der Waals surface area contributed by atoms with E-state index in [2.05, 4.69) is 15.3 Å². The van der Waals surface area contributed by atoms with Crippen molar-refractivity contribution < 1.29 is 33.1 Å². The molecule has 0 saturated carbocycles. The number of nitrogens with two attached hydrogens (primary N) is 1. The van der Waals surface area contributed by atoms with Crippen molar-refractivity contribution in [2.75, 3.05) is 24.6 Å². The molecule has 58 heavy (non-hydrogen) atoms. The zero-order valence-electron chi connectivity index (χ0n) is 31.6. The molecule has 3 N–H and O–H groups in total. The first kappa shape index (κ1) is 38.7. The number of benzene rings is 3. The van der Waals surface area contributed by atoms with Crippen molar-refractivity contribution in [2.45, 2.75) is 74.8 Å². The molecule has 0 radical (unpaired) electrons. The molecule has 0 aliphatic carbocycles. The summed E-state index contributed by atoms with van der Waals surface area (Å²) in [6, 6.07) is 18.8. The lowest BCUT2D eigenvalue weighted by Gasteiger charge is -2.33. The first-order valence-electron chi connectivity index (χ1n) is 19.4. The summed E-state index contributed by atoms with van der Waals surface area (Å²) in [4.78, 5) is 75.1. The van der Waals surface area contributed by atoms with Gasteiger partial charge in [-0.2, -0.15) is 5.10 Å². The molecule has 2 saturated heterocycles. The lowest BCUT2D eigenvalue weighted by molar-refractivity contribution is -0.136. The van der Waals surface area contributed by atoms with E-state index in [-0.39, 0.29) is 40.8 Å². The SMILES string of the molecule is Nc1ncnc2c1c(-c1ccc(Oc3ccccc3)cc1)nn2C1CCCN(C(=O)CCCCCCSc2ccc3c(c2F)C(=O)N(C2CCC(=O)NC2=O)C3=O)C1. The highest BCUT2D eigenvalue weighted by Gasteiger charge is 2.46. The Balaban J connectivity index is 0.823. The number of rotatable bonds is 13. The molecule has 2 atom stereocenters. The van der Waals surface area contributed by atoms with E-state index >= 15 is 4.39 Å². The number of carbonyl (C=O) groups is 5. The molecule has 0 spiro atoms. The van der Waals surface area contributed by atoms with Crippen LogP contribution >= 0.6 is 11.8 Å². The Labute approximate surface area is 337 Å². The molecule has 3 aromatic carbocycles. The molecule has 14 nitrogen and oxygen atoms in total. The third-order valence-electron chi connectivity index (χ3n) is 10.8. The van der Waals surface area contributed by atoms with Crippen LogP contribution in [0.5, 0.6) is 11.5 Å². The Kier molecular flexibility index (Phi) is 11.2. The predicted molar refractivity (Wildman–Crippen MR) is 213 cm³/mol. The zero-order valence-corrected chi connectivity index (χ0v) is 32.4. The summed E-state index contributed by atoms with van der Waals surface area (Å²) in [5.41, 5.74) is 8.10. The number of ether oxygens (including phenoxy) is 1. The lowest BCUT2D eigenvalue weighted by Crippen LogP contribution is -2.54. The second-order valence-electron chi connectivity index (χ2n) is 14.6. The van der Waals surface area contributed by atoms with Gasteiger partial charge in [-0.25, -0.2) is 19.0 Å². The first-order chi connectivity index (χ1) is 28.2. The van der Waals surface area contributed by atoms with Crippen LogP contribution in [-0.2, 0) is 14.4 Å². The average molecular weight is 805 g/mol. The van der Waals surface area contributed by atoms with E-state index in [9.17, 15) is 24.0 Å². The summed E-state index contributed by atoms with van der Waals surface area (Å²) >= 11 is 1.25. The van der Waals surface area contributed by atoms with Gasteiger partial charge in [-0.1, -0.05) is 31.0 Å². The molecule has 3 aliphatic rings. The fraction of sp³-hybridized carbons (Fsp3) is 0.333. The molecule has 5 heterocycles. The zero-order chi connectivity index (χ0) is 40.3. The monoisotopic (exact) mass is 804 g/mol. The Bertz CT molecular complexity index is 2410. The van der Waals surface area contributed by atoms with Crippen molar-refractivity contribution in [3.8, 4) is 22.8 Å². The molecule has 8 rings (SSSR count). The van der Waals surface area contributed by atoms with Crippen molar-refractivity contribution >= 4 is 58.1 Å². The van der Waals surface area contributed by atoms with Crippen molar-refractivity contribution in [1.82, 2.24) is 34.9 Å². The van der Waals surface area contributed by atoms with Gasteiger partial charge in [0.05, 0.1) is 22.6 Å². The van der Waals surface area contributed by atoms with Crippen LogP contribution in [0.2, 0.25) is 0 Å². The number of nitrogen functional groups attached to an aromatic ring is 1. The fourth-order valence-electron chi connectivity index (χ4n) is 7.82. The number of nitrogens with one attached hydrogen (secondary N) is 1. The van der Waals surface area contributed by atoms with Crippen molar-refractivity contribution in [3.63, 3.8) is 0 Å². The predicted octanol–water partition coefficient (Wildman–Crippen LogP) is 6.31. The van der Waals surface area contributed by atoms with E-state index in [4.69, 9.17) is 15.6 Å². The van der Waals surface area contributed by atoms with Crippen molar-refractivity contribution in [2.24, 2.45) is 0 Å². The molecule has 2 fully saturated rings. The second kappa shape index (κ2) is 16.7. The number of likely N-dealkylation sites (tertiary alicyclic amines) is 1. The molecule has 3 aliphatic heterocycles. The largest absolute Gasteiger partial charge is 0.457 e. The van der Waals surface area contributed by atoms with Crippen LogP contribution < -0.4 is 15.8 Å². The average Bonchev–Trinajstić information content (AvgIpc) is 3.74. The lowest BCUT2D eigenvalue weighted by atomic mass is 10.0. The third-order valence-corrected chi connectivity index (χ3v) is 11.9. The van der Waals surface area contributed by atoms with Gasteiger partial charge in [0.15, 0.2) is 5.65 Å². The first-order valence-corrected chi connectivity index (χ1v) is 20.4. The van der Waals surface area contributed by atoms with Crippen LogP contribution in [0.3, 0.4) is 0 Å². The number of nitrogens with zero attached hydrogens (tertiary/aromatic N) is 6. The number of anilines is 1. The minimum absolute atomic E-state index is 0.00217. The number of halogens is 1. The number of aromatic nitrogens is 4. The maximum Gasteiger partial charge on any atom is 0.265 e. The van der Waals surface area contributed by atoms with Gasteiger partial charge in [0.25, 0.3) is 11.8 Å². The Morgan fingerprint density at radius 3 is 2.48 bits per heavy atom. The van der Waals surface area contributed by atoms with Crippen LogP contribution in [0.15, 0.2) is 78.0 Å². The Hall–Kier alpha value is -6.16. The summed E-state index contributed by atoms with van der Waals surface area (Å²) in [6.07, 6.45) is 6.63. The number of unbranched alkanes of at least 4 members (excludes halogenated alkanes) is 3. The van der Waals surface area contributed by atoms with Crippen LogP contribution in [0, 0.1) is 5.82 Å². The minimum Gasteiger partial charge on any atom is -0.457 e. The maximum absolute atomic E-state index is 15.5. The Morgan fingerprint density at radius 2 is 1.69 bits per heavy atom. The molecule has 16 heteroatoms. The highest BCUT2D eigenvalue weighted by atomic mass is 32.2. The summed E-state index contributed by atoms with van der Waals surface area (Å²) in [5, 5.41) is 7.81. The van der Waals surface area contributed by atoms with E-state index in [0.717, 1.165) is 48.3 Å². The standard InChI is InChI=1S/C42H41FN8O6S/c43-36-31(19-17-29-34(36)42(56)50(41(29)55)30-18-20-32(52)47-40(30)54)58-22-7-2-1-6-12-33(53)49-21-8-9-26(23-49)51-39-35(38(44)45-24-46-39)37(48-51)25-13-15-28(16-14-25)57-27-10-4-3-5-11-27/h3-5,10-11,13-17,19,24,26,30H,1-2,6-9,12,18,20-23H2,(H2,44,45,46)(H,47,52,54). The fourth-order valence-corrected chi connectivity index (χ4v) is 8.78. The molecule has 298 valence electrons. The van der Waals surface area contributed by atoms with Crippen LogP contribution in [0.1, 0.15) is 84.5 Å². The van der Waals surface area contributed by atoms with E-state index in [1.165, 1.54) is 30.2 Å². The topological polar surface area (TPSA) is 183 Å². The van der Waals surface area contributed by atoms with Gasteiger partial charge in [0.2, 0.25) is 17.7 Å². The third kappa shape index (κ3) is 7.75. The maximum atomic E-state index is 15.5. The van der Waals surface area contributed by atoms with E-state index in [1.54, 1.807) is 0 Å². The number of para-hydroxylation sites is 1. The summed E-state index contributed by atoms with van der Waals surface area (Å²) in [6.45, 7) is 1.18. The highest BCUT2D eigenvalue weighted by Crippen LogP contribution is 2.36. The van der Waals surface area contributed by atoms with E-state index < -0.39 is 35.5 Å². The number of carbonyl (C=O) groups excluding carboxylic acids is 5. The number of thioether (sulfide) groups is 1. The van der Waals surface area contributed by atoms with Gasteiger partial charge in [0.1, 0.15) is 41.2 Å². The molecular weight excluding hydrogens is 764 g/mol. The second-order valence-corrected chi connectivity index (χ2v) is 15.7. The van der Waals surface area contributed by atoms with Crippen molar-refractivity contribution in [3.05, 3.63) is 90.0 Å². The van der Waals surface area contributed by atoms with Gasteiger partial charge in [0, 0.05) is 36.4 Å². The van der Waals surface area contributed by atoms with E-state index in [1.807, 2.05) is 64.2 Å². The van der Waals surface area contributed by atoms with Gasteiger partial charge in [-0.3, -0.25) is 34.2 Å². The number of hydrogen-bond donors (Lipinski definition) is 2. The minimum atomic E-state index is -1.15. The number of fused-ring (bicyclic) bond motifs is 2.